The van der Waals surface area contributed by atoms with Gasteiger partial charge in [0.05, 0.1) is 0 Å². The van der Waals surface area contributed by atoms with E-state index >= 15 is 0 Å². The Morgan fingerprint density at radius 2 is 1.22 bits per heavy atom. The molecule has 0 radical (unpaired) electrons. The van der Waals surface area contributed by atoms with Crippen molar-refractivity contribution in [1.29, 1.82) is 0 Å². The van der Waals surface area contributed by atoms with Gasteiger partial charge in [-0.3, -0.25) is 0 Å². The Morgan fingerprint density at radius 1 is 0.778 bits per heavy atom. The summed E-state index contributed by atoms with van der Waals surface area (Å²) in [5, 5.41) is 0. The molecule has 5 rings (SSSR count). The molecular weight excluding hydrogens is 583 g/mol. The zero-order valence-electron chi connectivity index (χ0n) is 21.0. The van der Waals surface area contributed by atoms with Crippen molar-refractivity contribution >= 4 is 36.2 Å². The molecule has 2 aliphatic rings. The van der Waals surface area contributed by atoms with Gasteiger partial charge in [-0.2, -0.15) is 0 Å². The monoisotopic (exact) mass is 612 g/mol. The van der Waals surface area contributed by atoms with Crippen molar-refractivity contribution in [1.82, 2.24) is 0 Å². The van der Waals surface area contributed by atoms with Crippen molar-refractivity contribution in [2.45, 2.75) is 39.9 Å². The molecule has 0 spiro atoms. The minimum atomic E-state index is -5.40. The van der Waals surface area contributed by atoms with Crippen LogP contribution in [0.25, 0.3) is 12.2 Å². The van der Waals surface area contributed by atoms with Gasteiger partial charge in [0.15, 0.2) is 0 Å². The Hall–Kier alpha value is -1.56. The van der Waals surface area contributed by atoms with Gasteiger partial charge in [-0.1, -0.05) is 0 Å². The first-order valence-electron chi connectivity index (χ1n) is 12.2. The molecule has 0 heterocycles. The van der Waals surface area contributed by atoms with E-state index in [0.717, 1.165) is 33.4 Å². The zero-order valence-corrected chi connectivity index (χ0v) is 26.1. The van der Waals surface area contributed by atoms with Gasteiger partial charge < -0.3 is 0 Å². The Bertz CT molecular complexity index is 1530. The van der Waals surface area contributed by atoms with Gasteiger partial charge in [0.25, 0.3) is 0 Å². The molecular formula is C29H31ClO3SSiZr. The second-order valence-electron chi connectivity index (χ2n) is 10.4. The quantitative estimate of drug-likeness (QED) is 0.266. The third-order valence-corrected chi connectivity index (χ3v) is 54.1. The fourth-order valence-electron chi connectivity index (χ4n) is 6.38. The minimum absolute atomic E-state index is 0.187. The van der Waals surface area contributed by atoms with Crippen molar-refractivity contribution in [3.8, 4) is 0 Å². The fraction of sp³-hybridized carbons (Fsp3) is 0.241. The molecule has 3 aromatic rings. The van der Waals surface area contributed by atoms with Gasteiger partial charge >= 0.3 is 221 Å². The van der Waals surface area contributed by atoms with E-state index in [4.69, 9.17) is 10.8 Å². The molecule has 0 saturated heterocycles. The van der Waals surface area contributed by atoms with Crippen LogP contribution < -0.4 is 0 Å². The standard InChI is InChI=1S/2C10H9.C7H8O3S.C2H6Si.ClH.Zr/c2*1-8-6-9-4-2-3-5-10(9)7-8;8-11(9,10)6-7-4-2-1-3-5-7;1-3-2;;/h2*2-7H,1H3;1-5H,6H2,(H,8,9,10);1-2H3;1H;/q;;;;;+2/p-2. The van der Waals surface area contributed by atoms with E-state index in [1.54, 1.807) is 0 Å². The first-order valence-corrected chi connectivity index (χ1v) is 27.0. The Morgan fingerprint density at radius 3 is 1.69 bits per heavy atom. The normalized spacial score (nSPS) is 19.4. The topological polar surface area (TPSA) is 43.4 Å². The molecule has 186 valence electrons. The number of hydrogen-bond acceptors (Lipinski definition) is 3. The Balaban J connectivity index is 1.81. The van der Waals surface area contributed by atoms with Crippen LogP contribution in [0.2, 0.25) is 13.1 Å². The molecule has 0 saturated carbocycles. The Kier molecular flexibility index (Phi) is 6.75. The molecule has 0 N–H and O–H groups in total. The predicted molar refractivity (Wildman–Crippen MR) is 149 cm³/mol. The summed E-state index contributed by atoms with van der Waals surface area (Å²) < 4.78 is 34.4. The molecule has 0 bridgehead atoms. The predicted octanol–water partition coefficient (Wildman–Crippen LogP) is 7.86. The van der Waals surface area contributed by atoms with Crippen LogP contribution in [-0.4, -0.2) is 13.9 Å². The average molecular weight is 614 g/mol. The maximum absolute atomic E-state index is 14.0. The van der Waals surface area contributed by atoms with Gasteiger partial charge in [0.2, 0.25) is 0 Å². The van der Waals surface area contributed by atoms with Crippen molar-refractivity contribution in [3.05, 3.63) is 118 Å². The van der Waals surface area contributed by atoms with E-state index in [9.17, 15) is 8.42 Å². The zero-order chi connectivity index (χ0) is 25.7. The van der Waals surface area contributed by atoms with Crippen LogP contribution in [0, 0.1) is 0 Å². The first-order chi connectivity index (χ1) is 17.0. The molecule has 2 aliphatic carbocycles. The second-order valence-corrected chi connectivity index (χ2v) is 43.8. The summed E-state index contributed by atoms with van der Waals surface area (Å²) in [4.78, 5) is 0. The summed E-state index contributed by atoms with van der Waals surface area (Å²) in [7, 11) is 4.32. The molecule has 36 heavy (non-hydrogen) atoms. The molecule has 3 aromatic carbocycles. The first kappa shape index (κ1) is 26.1. The number of fused-ring (bicyclic) bond motifs is 2. The van der Waals surface area contributed by atoms with Gasteiger partial charge in [-0.05, 0) is 0 Å². The van der Waals surface area contributed by atoms with Gasteiger partial charge in [0.1, 0.15) is 0 Å². The SMILES string of the molecule is CC1=Cc2ccccc2[CH]1[Zr]([Cl])([O]S(=O)(=O)Cc1ccccc1)([CH]1C(C)=Cc2ccccc21)=[Si](C)C. The molecule has 0 aromatic heterocycles. The number of hydrogen-bond donors (Lipinski definition) is 0. The number of benzene rings is 3. The van der Waals surface area contributed by atoms with E-state index in [2.05, 4.69) is 63.4 Å². The Labute approximate surface area is 219 Å². The van der Waals surface area contributed by atoms with Crippen LogP contribution in [0.1, 0.15) is 48.9 Å². The third-order valence-electron chi connectivity index (χ3n) is 7.82. The van der Waals surface area contributed by atoms with Crippen molar-refractivity contribution < 1.29 is 27.3 Å². The maximum atomic E-state index is 14.0. The van der Waals surface area contributed by atoms with E-state index in [0.29, 0.717) is 5.56 Å². The van der Waals surface area contributed by atoms with E-state index in [1.165, 1.54) is 0 Å². The van der Waals surface area contributed by atoms with Crippen LogP contribution in [0.5, 0.6) is 0 Å². The number of allylic oxidation sites excluding steroid dienone is 2. The van der Waals surface area contributed by atoms with E-state index < -0.39 is 32.2 Å². The molecule has 0 aliphatic heterocycles. The molecule has 2 atom stereocenters. The van der Waals surface area contributed by atoms with Crippen molar-refractivity contribution in [2.75, 3.05) is 0 Å². The molecule has 0 fully saturated rings. The summed E-state index contributed by atoms with van der Waals surface area (Å²) in [6, 6.07) is 25.8. The summed E-state index contributed by atoms with van der Waals surface area (Å²) in [6.07, 6.45) is 4.35. The van der Waals surface area contributed by atoms with Crippen LogP contribution in [0.4, 0.5) is 0 Å². The summed E-state index contributed by atoms with van der Waals surface area (Å²) in [5.74, 6) is -0.187. The van der Waals surface area contributed by atoms with Crippen molar-refractivity contribution in [3.63, 3.8) is 0 Å². The van der Waals surface area contributed by atoms with Gasteiger partial charge in [-0.15, -0.1) is 0 Å². The molecule has 7 heteroatoms. The third kappa shape index (κ3) is 4.10. The van der Waals surface area contributed by atoms with E-state index in [1.807, 2.05) is 54.6 Å². The van der Waals surface area contributed by atoms with Gasteiger partial charge in [0, 0.05) is 0 Å². The number of rotatable bonds is 6. The number of halogens is 1. The molecule has 0 amide bonds. The van der Waals surface area contributed by atoms with Crippen LogP contribution in [0.3, 0.4) is 0 Å². The van der Waals surface area contributed by atoms with Gasteiger partial charge in [-0.25, -0.2) is 0 Å². The summed E-state index contributed by atoms with van der Waals surface area (Å²) in [6.45, 7) is 8.53. The second kappa shape index (κ2) is 9.32. The van der Waals surface area contributed by atoms with Crippen LogP contribution in [-0.2, 0) is 34.8 Å². The summed E-state index contributed by atoms with van der Waals surface area (Å²) >= 11 is -5.40. The van der Waals surface area contributed by atoms with Crippen LogP contribution >= 0.6 is 8.51 Å². The summed E-state index contributed by atoms with van der Waals surface area (Å²) in [5.41, 5.74) is 5.88. The molecule has 2 unspecified atom stereocenters. The van der Waals surface area contributed by atoms with E-state index in [-0.39, 0.29) is 13.0 Å². The van der Waals surface area contributed by atoms with Crippen LogP contribution in [0.15, 0.2) is 90.0 Å². The van der Waals surface area contributed by atoms with Crippen molar-refractivity contribution in [2.24, 2.45) is 0 Å². The molecule has 3 nitrogen and oxygen atoms in total. The average Bonchev–Trinajstić information content (AvgIpc) is 3.35. The fourth-order valence-corrected chi connectivity index (χ4v) is 48.9.